The zero-order valence-electron chi connectivity index (χ0n) is 7.26. The minimum absolute atomic E-state index is 0.0959. The van der Waals surface area contributed by atoms with Crippen molar-refractivity contribution in [3.8, 4) is 0 Å². The molecular weight excluding hydrogens is 284 g/mol. The van der Waals surface area contributed by atoms with Gasteiger partial charge in [-0.2, -0.15) is 0 Å². The average Bonchev–Trinajstić information content (AvgIpc) is 2.59. The maximum absolute atomic E-state index is 9.04. The van der Waals surface area contributed by atoms with Crippen molar-refractivity contribution in [2.45, 2.75) is 12.5 Å². The van der Waals surface area contributed by atoms with Gasteiger partial charge < -0.3 is 5.11 Å². The number of thiophene rings is 1. The Labute approximate surface area is 99.4 Å². The zero-order valence-corrected chi connectivity index (χ0v) is 10.4. The molecule has 1 aromatic carbocycles. The Morgan fingerprint density at radius 2 is 2.14 bits per heavy atom. The lowest BCUT2D eigenvalue weighted by Gasteiger charge is -1.98. The van der Waals surface area contributed by atoms with Gasteiger partial charge in [0.2, 0.25) is 0 Å². The van der Waals surface area contributed by atoms with Gasteiger partial charge in [0, 0.05) is 19.9 Å². The Hall–Kier alpha value is -0.0900. The second-order valence-electron chi connectivity index (χ2n) is 2.99. The van der Waals surface area contributed by atoms with Gasteiger partial charge in [0.05, 0.1) is 6.61 Å². The minimum atomic E-state index is 0.0959. The van der Waals surface area contributed by atoms with Crippen LogP contribution in [-0.4, -0.2) is 5.11 Å². The molecule has 0 radical (unpaired) electrons. The van der Waals surface area contributed by atoms with Crippen molar-refractivity contribution in [3.63, 3.8) is 0 Å². The average molecular weight is 292 g/mol. The van der Waals surface area contributed by atoms with E-state index in [1.165, 1.54) is 4.70 Å². The fourth-order valence-electron chi connectivity index (χ4n) is 1.42. The van der Waals surface area contributed by atoms with Crippen LogP contribution in [-0.2, 0) is 12.5 Å². The second-order valence-corrected chi connectivity index (χ2v) is 5.31. The van der Waals surface area contributed by atoms with Crippen molar-refractivity contribution in [1.29, 1.82) is 0 Å². The molecule has 0 aliphatic heterocycles. The Balaban J connectivity index is 2.71. The first-order chi connectivity index (χ1) is 6.74. The molecule has 1 aromatic heterocycles. The van der Waals surface area contributed by atoms with Crippen LogP contribution in [0.1, 0.15) is 10.4 Å². The van der Waals surface area contributed by atoms with Crippen molar-refractivity contribution in [2.24, 2.45) is 0 Å². The van der Waals surface area contributed by atoms with Gasteiger partial charge in [-0.15, -0.1) is 22.9 Å². The van der Waals surface area contributed by atoms with Crippen molar-refractivity contribution in [2.75, 3.05) is 0 Å². The third-order valence-electron chi connectivity index (χ3n) is 2.01. The first kappa shape index (κ1) is 10.4. The van der Waals surface area contributed by atoms with Crippen LogP contribution >= 0.6 is 38.9 Å². The maximum atomic E-state index is 9.04. The number of halogens is 2. The molecule has 0 aliphatic carbocycles. The molecule has 0 bridgehead atoms. The molecule has 0 spiro atoms. The predicted molar refractivity (Wildman–Crippen MR) is 65.0 cm³/mol. The van der Waals surface area contributed by atoms with Crippen LogP contribution in [0.25, 0.3) is 10.1 Å². The molecule has 0 atom stereocenters. The molecule has 0 amide bonds. The number of hydrogen-bond acceptors (Lipinski definition) is 2. The van der Waals surface area contributed by atoms with E-state index in [9.17, 15) is 0 Å². The third kappa shape index (κ3) is 1.82. The quantitative estimate of drug-likeness (QED) is 0.832. The number of alkyl halides is 1. The number of hydrogen-bond donors (Lipinski definition) is 1. The topological polar surface area (TPSA) is 20.2 Å². The lowest BCUT2D eigenvalue weighted by molar-refractivity contribution is 0.285. The largest absolute Gasteiger partial charge is 0.391 e. The van der Waals surface area contributed by atoms with E-state index in [1.807, 2.05) is 18.2 Å². The van der Waals surface area contributed by atoms with E-state index in [1.54, 1.807) is 11.3 Å². The summed E-state index contributed by atoms with van der Waals surface area (Å²) in [4.78, 5) is 0.976. The normalized spacial score (nSPS) is 11.1. The SMILES string of the molecule is OCc1cc2cc(Br)cc(CCl)c2s1. The van der Waals surface area contributed by atoms with Crippen molar-refractivity contribution < 1.29 is 5.11 Å². The van der Waals surface area contributed by atoms with Gasteiger partial charge in [0.25, 0.3) is 0 Å². The zero-order chi connectivity index (χ0) is 10.1. The number of aliphatic hydroxyl groups excluding tert-OH is 1. The van der Waals surface area contributed by atoms with Crippen molar-refractivity contribution in [1.82, 2.24) is 0 Å². The molecule has 1 heterocycles. The summed E-state index contributed by atoms with van der Waals surface area (Å²) in [5.41, 5.74) is 1.11. The molecule has 0 saturated heterocycles. The number of rotatable bonds is 2. The smallest absolute Gasteiger partial charge is 0.0774 e. The summed E-state index contributed by atoms with van der Waals surface area (Å²) in [6.45, 7) is 0.0959. The Morgan fingerprint density at radius 1 is 1.36 bits per heavy atom. The molecule has 2 aromatic rings. The van der Waals surface area contributed by atoms with Crippen LogP contribution in [0.2, 0.25) is 0 Å². The Kier molecular flexibility index (Phi) is 3.12. The number of benzene rings is 1. The van der Waals surface area contributed by atoms with E-state index in [0.29, 0.717) is 5.88 Å². The molecular formula is C10H8BrClOS. The van der Waals surface area contributed by atoms with Crippen LogP contribution in [0.3, 0.4) is 0 Å². The molecule has 74 valence electrons. The van der Waals surface area contributed by atoms with Crippen LogP contribution in [0.4, 0.5) is 0 Å². The second kappa shape index (κ2) is 4.19. The van der Waals surface area contributed by atoms with E-state index in [0.717, 1.165) is 20.3 Å². The molecule has 0 fully saturated rings. The summed E-state index contributed by atoms with van der Waals surface area (Å²) < 4.78 is 2.20. The van der Waals surface area contributed by atoms with Gasteiger partial charge in [-0.1, -0.05) is 15.9 Å². The summed E-state index contributed by atoms with van der Waals surface area (Å²) in [6.07, 6.45) is 0. The molecule has 0 saturated carbocycles. The van der Waals surface area contributed by atoms with Crippen LogP contribution in [0.15, 0.2) is 22.7 Å². The third-order valence-corrected chi connectivity index (χ3v) is 3.97. The van der Waals surface area contributed by atoms with Crippen LogP contribution in [0, 0.1) is 0 Å². The molecule has 4 heteroatoms. The van der Waals surface area contributed by atoms with E-state index in [-0.39, 0.29) is 6.61 Å². The van der Waals surface area contributed by atoms with Gasteiger partial charge in [0.15, 0.2) is 0 Å². The van der Waals surface area contributed by atoms with E-state index in [4.69, 9.17) is 16.7 Å². The summed E-state index contributed by atoms with van der Waals surface area (Å²) in [5.74, 6) is 0.501. The first-order valence-electron chi connectivity index (χ1n) is 4.12. The summed E-state index contributed by atoms with van der Waals surface area (Å²) >= 11 is 10.9. The minimum Gasteiger partial charge on any atom is -0.391 e. The summed E-state index contributed by atoms with van der Waals surface area (Å²) in [7, 11) is 0. The van der Waals surface area contributed by atoms with Gasteiger partial charge >= 0.3 is 0 Å². The van der Waals surface area contributed by atoms with E-state index < -0.39 is 0 Å². The van der Waals surface area contributed by atoms with Crippen LogP contribution < -0.4 is 0 Å². The summed E-state index contributed by atoms with van der Waals surface area (Å²) in [5, 5.41) is 10.2. The van der Waals surface area contributed by atoms with E-state index in [2.05, 4.69) is 15.9 Å². The highest BCUT2D eigenvalue weighted by Gasteiger charge is 2.06. The lowest BCUT2D eigenvalue weighted by Crippen LogP contribution is -1.77. The van der Waals surface area contributed by atoms with Crippen molar-refractivity contribution in [3.05, 3.63) is 33.1 Å². The highest BCUT2D eigenvalue weighted by Crippen LogP contribution is 2.32. The van der Waals surface area contributed by atoms with Crippen LogP contribution in [0.5, 0.6) is 0 Å². The monoisotopic (exact) mass is 290 g/mol. The van der Waals surface area contributed by atoms with Crippen molar-refractivity contribution >= 4 is 49.0 Å². The first-order valence-corrected chi connectivity index (χ1v) is 6.26. The highest BCUT2D eigenvalue weighted by atomic mass is 79.9. The maximum Gasteiger partial charge on any atom is 0.0774 e. The number of aliphatic hydroxyl groups is 1. The van der Waals surface area contributed by atoms with E-state index >= 15 is 0 Å². The standard InChI is InChI=1S/C10H8BrClOS/c11-8-1-6-3-9(5-13)14-10(6)7(2-8)4-12/h1-3,13H,4-5H2. The fraction of sp³-hybridized carbons (Fsp3) is 0.200. The molecule has 0 aliphatic rings. The van der Waals surface area contributed by atoms with Gasteiger partial charge in [0.1, 0.15) is 0 Å². The number of fused-ring (bicyclic) bond motifs is 1. The molecule has 1 N–H and O–H groups in total. The lowest BCUT2D eigenvalue weighted by atomic mass is 10.2. The Morgan fingerprint density at radius 3 is 2.79 bits per heavy atom. The predicted octanol–water partition coefficient (Wildman–Crippen LogP) is 3.89. The van der Waals surface area contributed by atoms with Gasteiger partial charge in [-0.05, 0) is 29.1 Å². The molecule has 14 heavy (non-hydrogen) atoms. The summed E-state index contributed by atoms with van der Waals surface area (Å²) in [6, 6.07) is 6.06. The highest BCUT2D eigenvalue weighted by molar-refractivity contribution is 9.10. The molecule has 1 nitrogen and oxygen atoms in total. The van der Waals surface area contributed by atoms with Gasteiger partial charge in [-0.25, -0.2) is 0 Å². The Bertz CT molecular complexity index is 466. The van der Waals surface area contributed by atoms with Gasteiger partial charge in [-0.3, -0.25) is 0 Å². The fourth-order valence-corrected chi connectivity index (χ4v) is 3.24. The molecule has 0 unspecified atom stereocenters. The molecule has 2 rings (SSSR count).